The minimum absolute atomic E-state index is 0.0353. The number of primary amides is 1. The molecule has 2 aromatic heterocycles. The van der Waals surface area contributed by atoms with E-state index in [1.165, 1.54) is 23.2 Å². The van der Waals surface area contributed by atoms with E-state index in [-0.39, 0.29) is 54.9 Å². The van der Waals surface area contributed by atoms with E-state index in [0.717, 1.165) is 18.2 Å². The van der Waals surface area contributed by atoms with Crippen molar-refractivity contribution in [3.63, 3.8) is 0 Å². The topological polar surface area (TPSA) is 117 Å². The van der Waals surface area contributed by atoms with Crippen molar-refractivity contribution in [2.75, 3.05) is 13.1 Å². The molecule has 4 N–H and O–H groups in total. The van der Waals surface area contributed by atoms with Crippen LogP contribution in [0.2, 0.25) is 0 Å². The Morgan fingerprint density at radius 1 is 1.07 bits per heavy atom. The third kappa shape index (κ3) is 6.69. The molecule has 0 aliphatic carbocycles. The lowest BCUT2D eigenvalue weighted by atomic mass is 9.94. The van der Waals surface area contributed by atoms with Crippen LogP contribution in [0.1, 0.15) is 44.6 Å². The zero-order chi connectivity index (χ0) is 30.9. The second-order valence-electron chi connectivity index (χ2n) is 10.1. The number of carbonyl (C=O) groups excluding carboxylic acids is 2. The fourth-order valence-corrected chi connectivity index (χ4v) is 5.16. The smallest absolute Gasteiger partial charge is 0.366 e. The summed E-state index contributed by atoms with van der Waals surface area (Å²) in [4.78, 5) is 31.0. The first-order valence-electron chi connectivity index (χ1n) is 13.0. The van der Waals surface area contributed by atoms with Gasteiger partial charge in [-0.1, -0.05) is 12.1 Å². The summed E-state index contributed by atoms with van der Waals surface area (Å²) >= 11 is 0. The van der Waals surface area contributed by atoms with Gasteiger partial charge in [0.15, 0.2) is 5.69 Å². The summed E-state index contributed by atoms with van der Waals surface area (Å²) in [6, 6.07) is 8.74. The third-order valence-corrected chi connectivity index (χ3v) is 7.06. The average molecular weight is 603 g/mol. The summed E-state index contributed by atoms with van der Waals surface area (Å²) in [5.74, 6) is -4.10. The molecule has 2 aromatic carbocycles. The average Bonchev–Trinajstić information content (AvgIpc) is 3.36. The molecule has 0 fully saturated rings. The van der Waals surface area contributed by atoms with Crippen molar-refractivity contribution in [3.05, 3.63) is 106 Å². The summed E-state index contributed by atoms with van der Waals surface area (Å²) in [6.45, 7) is -0.186. The summed E-state index contributed by atoms with van der Waals surface area (Å²) < 4.78 is 82.5. The van der Waals surface area contributed by atoms with Crippen LogP contribution in [-0.4, -0.2) is 45.0 Å². The van der Waals surface area contributed by atoms with Crippen molar-refractivity contribution in [2.45, 2.75) is 31.6 Å². The van der Waals surface area contributed by atoms with Crippen LogP contribution in [0.4, 0.5) is 26.3 Å². The molecule has 1 aliphatic rings. The van der Waals surface area contributed by atoms with Gasteiger partial charge in [-0.05, 0) is 47.9 Å². The highest BCUT2D eigenvalue weighted by Gasteiger charge is 2.39. The standard InChI is InChI=1S/C29H24F6N6O2/c30-17-8-15(9-18(31)12-17)10-24(26-19(2-1-6-37-26)16-3-4-22(32)20(11-16)28(36)43)38-25(42)14-41-7-5-23-21(13-41)27(40-39-23)29(33,34)35/h1-4,6,8-9,11-12,24H,5,7,10,13-14H2,(H2,36,43)(H,38,42)(H,39,40)/t24-/m0/s1. The second kappa shape index (κ2) is 11.9. The maximum Gasteiger partial charge on any atom is 0.435 e. The van der Waals surface area contributed by atoms with Crippen molar-refractivity contribution in [3.8, 4) is 11.1 Å². The van der Waals surface area contributed by atoms with Crippen molar-refractivity contribution in [2.24, 2.45) is 5.73 Å². The number of aromatic nitrogens is 3. The molecular formula is C29H24F6N6O2. The van der Waals surface area contributed by atoms with Gasteiger partial charge in [-0.3, -0.25) is 24.6 Å². The number of nitrogens with one attached hydrogen (secondary N) is 2. The van der Waals surface area contributed by atoms with Crippen LogP contribution in [0.3, 0.4) is 0 Å². The van der Waals surface area contributed by atoms with Gasteiger partial charge in [-0.2, -0.15) is 18.3 Å². The van der Waals surface area contributed by atoms with Crippen molar-refractivity contribution < 1.29 is 35.9 Å². The highest BCUT2D eigenvalue weighted by Crippen LogP contribution is 2.34. The van der Waals surface area contributed by atoms with E-state index in [1.54, 1.807) is 12.1 Å². The molecule has 8 nitrogen and oxygen atoms in total. The van der Waals surface area contributed by atoms with E-state index >= 15 is 0 Å². The summed E-state index contributed by atoms with van der Waals surface area (Å²) in [7, 11) is 0. The molecule has 4 aromatic rings. The Hall–Kier alpha value is -4.72. The Kier molecular flexibility index (Phi) is 8.22. The largest absolute Gasteiger partial charge is 0.435 e. The van der Waals surface area contributed by atoms with E-state index in [2.05, 4.69) is 20.5 Å². The number of nitrogens with zero attached hydrogens (tertiary/aromatic N) is 3. The Morgan fingerprint density at radius 2 is 1.81 bits per heavy atom. The number of hydrogen-bond acceptors (Lipinski definition) is 5. The van der Waals surface area contributed by atoms with E-state index < -0.39 is 47.2 Å². The van der Waals surface area contributed by atoms with E-state index in [4.69, 9.17) is 5.73 Å². The Labute approximate surface area is 240 Å². The minimum Gasteiger partial charge on any atom is -0.366 e. The number of nitrogens with two attached hydrogens (primary N) is 1. The lowest BCUT2D eigenvalue weighted by Crippen LogP contribution is -2.42. The molecule has 224 valence electrons. The lowest BCUT2D eigenvalue weighted by Gasteiger charge is -2.28. The van der Waals surface area contributed by atoms with Crippen molar-refractivity contribution >= 4 is 11.8 Å². The van der Waals surface area contributed by atoms with E-state index in [0.29, 0.717) is 22.9 Å². The van der Waals surface area contributed by atoms with Gasteiger partial charge in [0.2, 0.25) is 5.91 Å². The molecule has 5 rings (SSSR count). The molecule has 43 heavy (non-hydrogen) atoms. The zero-order valence-corrected chi connectivity index (χ0v) is 22.3. The van der Waals surface area contributed by atoms with Crippen LogP contribution in [0.5, 0.6) is 0 Å². The minimum atomic E-state index is -4.66. The third-order valence-electron chi connectivity index (χ3n) is 7.06. The number of alkyl halides is 3. The molecular weight excluding hydrogens is 578 g/mol. The molecule has 0 unspecified atom stereocenters. The van der Waals surface area contributed by atoms with Gasteiger partial charge >= 0.3 is 6.18 Å². The quantitative estimate of drug-likeness (QED) is 0.258. The van der Waals surface area contributed by atoms with Crippen molar-refractivity contribution in [1.29, 1.82) is 0 Å². The van der Waals surface area contributed by atoms with E-state index in [9.17, 15) is 35.9 Å². The molecule has 0 bridgehead atoms. The van der Waals surface area contributed by atoms with E-state index in [1.807, 2.05) is 0 Å². The molecule has 0 saturated heterocycles. The molecule has 3 heterocycles. The number of fused-ring (bicyclic) bond motifs is 1. The molecule has 1 atom stereocenters. The van der Waals surface area contributed by atoms with Crippen LogP contribution in [0.15, 0.2) is 54.7 Å². The first kappa shape index (κ1) is 29.8. The van der Waals surface area contributed by atoms with Crippen molar-refractivity contribution in [1.82, 2.24) is 25.4 Å². The molecule has 2 amide bonds. The Balaban J connectivity index is 1.45. The van der Waals surface area contributed by atoms with Crippen LogP contribution in [-0.2, 0) is 30.4 Å². The summed E-state index contributed by atoms with van der Waals surface area (Å²) in [5, 5.41) is 8.60. The number of rotatable bonds is 8. The lowest BCUT2D eigenvalue weighted by molar-refractivity contribution is -0.142. The van der Waals surface area contributed by atoms with Gasteiger partial charge in [0, 0.05) is 48.6 Å². The summed E-state index contributed by atoms with van der Waals surface area (Å²) in [5.41, 5.74) is 5.35. The predicted octanol–water partition coefficient (Wildman–Crippen LogP) is 4.47. The van der Waals surface area contributed by atoms with Crippen LogP contribution in [0, 0.1) is 17.5 Å². The predicted molar refractivity (Wildman–Crippen MR) is 142 cm³/mol. The Bertz CT molecular complexity index is 1670. The fourth-order valence-electron chi connectivity index (χ4n) is 5.16. The van der Waals surface area contributed by atoms with Gasteiger partial charge in [0.05, 0.1) is 23.8 Å². The highest BCUT2D eigenvalue weighted by molar-refractivity contribution is 5.94. The number of pyridine rings is 1. The van der Waals surface area contributed by atoms with Crippen LogP contribution >= 0.6 is 0 Å². The maximum absolute atomic E-state index is 14.2. The number of hydrogen-bond donors (Lipinski definition) is 3. The van der Waals surface area contributed by atoms with Gasteiger partial charge in [-0.25, -0.2) is 13.2 Å². The Morgan fingerprint density at radius 3 is 2.51 bits per heavy atom. The zero-order valence-electron chi connectivity index (χ0n) is 22.3. The number of aromatic amines is 1. The fraction of sp³-hybridized carbons (Fsp3) is 0.241. The second-order valence-corrected chi connectivity index (χ2v) is 10.1. The monoisotopic (exact) mass is 602 g/mol. The van der Waals surface area contributed by atoms with Crippen LogP contribution in [0.25, 0.3) is 11.1 Å². The first-order chi connectivity index (χ1) is 20.4. The number of carbonyl (C=O) groups is 2. The summed E-state index contributed by atoms with van der Waals surface area (Å²) in [6.07, 6.45) is -3.15. The van der Waals surface area contributed by atoms with Gasteiger partial charge in [-0.15, -0.1) is 0 Å². The molecule has 14 heteroatoms. The number of halogens is 6. The van der Waals surface area contributed by atoms with Gasteiger partial charge < -0.3 is 11.1 Å². The normalized spacial score (nSPS) is 14.3. The molecule has 0 radical (unpaired) electrons. The van der Waals surface area contributed by atoms with Crippen LogP contribution < -0.4 is 11.1 Å². The molecule has 0 spiro atoms. The number of amides is 2. The molecule has 0 saturated carbocycles. The van der Waals surface area contributed by atoms with Gasteiger partial charge in [0.1, 0.15) is 17.5 Å². The maximum atomic E-state index is 14.2. The number of H-pyrrole nitrogens is 1. The SMILES string of the molecule is NC(=O)c1cc(-c2cccnc2[C@H](Cc2cc(F)cc(F)c2)NC(=O)CN2CCc3[nH]nc(C(F)(F)F)c3C2)ccc1F. The van der Waals surface area contributed by atoms with Gasteiger partial charge in [0.25, 0.3) is 5.91 Å². The molecule has 1 aliphatic heterocycles. The highest BCUT2D eigenvalue weighted by atomic mass is 19.4. The number of benzene rings is 2. The first-order valence-corrected chi connectivity index (χ1v) is 13.0.